The highest BCUT2D eigenvalue weighted by Gasteiger charge is 2.22. The Morgan fingerprint density at radius 3 is 1.37 bits per heavy atom. The lowest BCUT2D eigenvalue weighted by Gasteiger charge is -2.30. The van der Waals surface area contributed by atoms with Crippen molar-refractivity contribution in [2.24, 2.45) is 0 Å². The summed E-state index contributed by atoms with van der Waals surface area (Å²) < 4.78 is 0. The highest BCUT2D eigenvalue weighted by Crippen LogP contribution is 2.21. The lowest BCUT2D eigenvalue weighted by atomic mass is 10.0. The van der Waals surface area contributed by atoms with E-state index in [1.807, 2.05) is 0 Å². The van der Waals surface area contributed by atoms with Crippen molar-refractivity contribution in [3.05, 3.63) is 12.4 Å². The van der Waals surface area contributed by atoms with Crippen LogP contribution in [0, 0.1) is 0 Å². The number of rotatable bonds is 22. The maximum atomic E-state index is 2.60. The lowest BCUT2D eigenvalue weighted by Crippen LogP contribution is -2.37. The topological polar surface area (TPSA) is 6.48 Å². The molecule has 0 fully saturated rings. The molecule has 0 amide bonds. The first-order valence-electron chi connectivity index (χ1n) is 14.0. The predicted molar refractivity (Wildman–Crippen MR) is 136 cm³/mol. The second kappa shape index (κ2) is 20.3. The highest BCUT2D eigenvalue weighted by molar-refractivity contribution is 4.95. The van der Waals surface area contributed by atoms with Crippen LogP contribution in [0.2, 0.25) is 0 Å². The van der Waals surface area contributed by atoms with E-state index in [1.165, 1.54) is 141 Å². The molecule has 30 heavy (non-hydrogen) atoms. The van der Waals surface area contributed by atoms with Crippen molar-refractivity contribution in [3.8, 4) is 0 Å². The molecule has 1 aliphatic heterocycles. The van der Waals surface area contributed by atoms with Gasteiger partial charge < -0.3 is 9.80 Å². The Hall–Kier alpha value is -0.660. The zero-order valence-corrected chi connectivity index (χ0v) is 21.2. The third kappa shape index (κ3) is 14.4. The standard InChI is InChI=1S/C28H56N2/c1-4-6-8-10-12-13-14-15-16-17-18-19-20-22-24-28-29(3)26-27-30(28)25-23-21-11-9-7-5-2/h26-28H,4-25H2,1-3H3. The molecular formula is C28H56N2. The fraction of sp³-hybridized carbons (Fsp3) is 0.929. The molecule has 1 atom stereocenters. The van der Waals surface area contributed by atoms with Crippen LogP contribution in [0.4, 0.5) is 0 Å². The van der Waals surface area contributed by atoms with E-state index < -0.39 is 0 Å². The minimum absolute atomic E-state index is 0.623. The number of hydrogen-bond acceptors (Lipinski definition) is 2. The van der Waals surface area contributed by atoms with Crippen molar-refractivity contribution in [1.29, 1.82) is 0 Å². The molecule has 0 aromatic rings. The highest BCUT2D eigenvalue weighted by atomic mass is 15.4. The van der Waals surface area contributed by atoms with Gasteiger partial charge in [-0.25, -0.2) is 0 Å². The summed E-state index contributed by atoms with van der Waals surface area (Å²) in [6.07, 6.45) is 35.2. The summed E-state index contributed by atoms with van der Waals surface area (Å²) in [5.41, 5.74) is 0. The molecule has 178 valence electrons. The summed E-state index contributed by atoms with van der Waals surface area (Å²) >= 11 is 0. The Balaban J connectivity index is 1.91. The van der Waals surface area contributed by atoms with Crippen LogP contribution in [0.1, 0.15) is 149 Å². The van der Waals surface area contributed by atoms with Gasteiger partial charge in [0.2, 0.25) is 0 Å². The van der Waals surface area contributed by atoms with E-state index >= 15 is 0 Å². The zero-order chi connectivity index (χ0) is 21.7. The summed E-state index contributed by atoms with van der Waals surface area (Å²) in [4.78, 5) is 5.03. The molecule has 0 saturated carbocycles. The summed E-state index contributed by atoms with van der Waals surface area (Å²) in [6, 6.07) is 0. The molecule has 0 aromatic carbocycles. The van der Waals surface area contributed by atoms with E-state index in [9.17, 15) is 0 Å². The van der Waals surface area contributed by atoms with Crippen molar-refractivity contribution in [1.82, 2.24) is 9.80 Å². The SMILES string of the molecule is CCCCCCCCCCCCCCCCC1N(C)C=CN1CCCCCCCC. The third-order valence-corrected chi connectivity index (χ3v) is 6.93. The number of nitrogens with zero attached hydrogens (tertiary/aromatic N) is 2. The first-order valence-corrected chi connectivity index (χ1v) is 14.0. The summed E-state index contributed by atoms with van der Waals surface area (Å²) in [5, 5.41) is 0. The van der Waals surface area contributed by atoms with E-state index in [0.717, 1.165) is 0 Å². The molecule has 0 N–H and O–H groups in total. The van der Waals surface area contributed by atoms with Crippen molar-refractivity contribution >= 4 is 0 Å². The molecule has 2 heteroatoms. The van der Waals surface area contributed by atoms with Crippen LogP contribution in [0.3, 0.4) is 0 Å². The van der Waals surface area contributed by atoms with Gasteiger partial charge >= 0.3 is 0 Å². The maximum Gasteiger partial charge on any atom is 0.100 e. The monoisotopic (exact) mass is 420 g/mol. The van der Waals surface area contributed by atoms with Crippen LogP contribution < -0.4 is 0 Å². The number of hydrogen-bond donors (Lipinski definition) is 0. The van der Waals surface area contributed by atoms with Crippen LogP contribution in [0.5, 0.6) is 0 Å². The average molecular weight is 421 g/mol. The number of unbranched alkanes of at least 4 members (excludes halogenated alkanes) is 18. The van der Waals surface area contributed by atoms with Gasteiger partial charge in [-0.2, -0.15) is 0 Å². The van der Waals surface area contributed by atoms with Crippen LogP contribution in [-0.4, -0.2) is 29.6 Å². The van der Waals surface area contributed by atoms with Crippen LogP contribution in [0.25, 0.3) is 0 Å². The second-order valence-corrected chi connectivity index (χ2v) is 9.83. The van der Waals surface area contributed by atoms with E-state index in [2.05, 4.69) is 43.1 Å². The Morgan fingerprint density at radius 2 is 0.900 bits per heavy atom. The van der Waals surface area contributed by atoms with Gasteiger partial charge in [-0.15, -0.1) is 0 Å². The van der Waals surface area contributed by atoms with Crippen molar-refractivity contribution in [3.63, 3.8) is 0 Å². The first-order chi connectivity index (χ1) is 14.8. The van der Waals surface area contributed by atoms with Gasteiger partial charge in [-0.1, -0.05) is 129 Å². The van der Waals surface area contributed by atoms with Gasteiger partial charge in [0, 0.05) is 26.0 Å². The van der Waals surface area contributed by atoms with Crippen molar-refractivity contribution < 1.29 is 0 Å². The van der Waals surface area contributed by atoms with Gasteiger partial charge in [0.1, 0.15) is 6.17 Å². The fourth-order valence-electron chi connectivity index (χ4n) is 4.81. The van der Waals surface area contributed by atoms with Gasteiger partial charge in [-0.05, 0) is 19.3 Å². The lowest BCUT2D eigenvalue weighted by molar-refractivity contribution is 0.159. The van der Waals surface area contributed by atoms with Gasteiger partial charge in [-0.3, -0.25) is 0 Å². The molecular weight excluding hydrogens is 364 g/mol. The summed E-state index contributed by atoms with van der Waals surface area (Å²) in [5.74, 6) is 0. The Kier molecular flexibility index (Phi) is 18.5. The summed E-state index contributed by atoms with van der Waals surface area (Å²) in [6.45, 7) is 5.85. The van der Waals surface area contributed by atoms with Crippen LogP contribution in [-0.2, 0) is 0 Å². The van der Waals surface area contributed by atoms with E-state index in [1.54, 1.807) is 0 Å². The summed E-state index contributed by atoms with van der Waals surface area (Å²) in [7, 11) is 2.26. The second-order valence-electron chi connectivity index (χ2n) is 9.83. The molecule has 1 heterocycles. The minimum atomic E-state index is 0.623. The molecule has 1 unspecified atom stereocenters. The molecule has 0 aromatic heterocycles. The Bertz CT molecular complexity index is 379. The average Bonchev–Trinajstić information content (AvgIpc) is 3.10. The molecule has 0 radical (unpaired) electrons. The minimum Gasteiger partial charge on any atom is -0.359 e. The van der Waals surface area contributed by atoms with Crippen molar-refractivity contribution in [2.45, 2.75) is 155 Å². The maximum absolute atomic E-state index is 2.60. The Morgan fingerprint density at radius 1 is 0.500 bits per heavy atom. The third-order valence-electron chi connectivity index (χ3n) is 6.93. The molecule has 0 aliphatic carbocycles. The largest absolute Gasteiger partial charge is 0.359 e. The van der Waals surface area contributed by atoms with Gasteiger partial charge in [0.05, 0.1) is 0 Å². The van der Waals surface area contributed by atoms with Gasteiger partial charge in [0.25, 0.3) is 0 Å². The first kappa shape index (κ1) is 27.4. The Labute approximate surface area is 190 Å². The quantitative estimate of drug-likeness (QED) is 0.161. The van der Waals surface area contributed by atoms with Gasteiger partial charge in [0.15, 0.2) is 0 Å². The van der Waals surface area contributed by atoms with Crippen LogP contribution in [0.15, 0.2) is 12.4 Å². The predicted octanol–water partition coefficient (Wildman–Crippen LogP) is 9.26. The van der Waals surface area contributed by atoms with Crippen LogP contribution >= 0.6 is 0 Å². The van der Waals surface area contributed by atoms with E-state index in [0.29, 0.717) is 6.17 Å². The fourth-order valence-corrected chi connectivity index (χ4v) is 4.81. The normalized spacial score (nSPS) is 16.2. The molecule has 1 rings (SSSR count). The molecule has 0 bridgehead atoms. The van der Waals surface area contributed by atoms with Crippen molar-refractivity contribution in [2.75, 3.05) is 13.6 Å². The molecule has 0 saturated heterocycles. The van der Waals surface area contributed by atoms with E-state index in [4.69, 9.17) is 0 Å². The molecule has 0 spiro atoms. The zero-order valence-electron chi connectivity index (χ0n) is 21.2. The van der Waals surface area contributed by atoms with E-state index in [-0.39, 0.29) is 0 Å². The molecule has 2 nitrogen and oxygen atoms in total. The smallest absolute Gasteiger partial charge is 0.100 e. The molecule has 1 aliphatic rings.